The molecule has 0 aliphatic rings. The van der Waals surface area contributed by atoms with Crippen LogP contribution in [-0.2, 0) is 6.42 Å². The highest BCUT2D eigenvalue weighted by molar-refractivity contribution is 8.00. The predicted octanol–water partition coefficient (Wildman–Crippen LogP) is 6.15. The third kappa shape index (κ3) is 5.32. The molecule has 0 spiro atoms. The first-order chi connectivity index (χ1) is 12.1. The second-order valence-electron chi connectivity index (χ2n) is 5.30. The third-order valence-corrected chi connectivity index (χ3v) is 5.85. The predicted molar refractivity (Wildman–Crippen MR) is 105 cm³/mol. The van der Waals surface area contributed by atoms with E-state index >= 15 is 0 Å². The molecule has 0 amide bonds. The molecule has 3 rings (SSSR count). The number of rotatable bonds is 7. The number of ether oxygens (including phenoxy) is 1. The Morgan fingerprint density at radius 1 is 1.04 bits per heavy atom. The monoisotopic (exact) mass is 412 g/mol. The Morgan fingerprint density at radius 2 is 1.76 bits per heavy atom. The molecule has 0 aliphatic carbocycles. The van der Waals surface area contributed by atoms with Gasteiger partial charge in [0.1, 0.15) is 18.2 Å². The van der Waals surface area contributed by atoms with Gasteiger partial charge in [0.2, 0.25) is 0 Å². The molecule has 1 aromatic heterocycles. The summed E-state index contributed by atoms with van der Waals surface area (Å²) in [6.07, 6.45) is 4.24. The normalized spacial score (nSPS) is 12.1. The summed E-state index contributed by atoms with van der Waals surface area (Å²) in [5.74, 6) is 1.65. The molecular weight excluding hydrogens is 399 g/mol. The van der Waals surface area contributed by atoms with Crippen molar-refractivity contribution in [2.75, 3.05) is 6.61 Å². The van der Waals surface area contributed by atoms with Gasteiger partial charge in [0.25, 0.3) is 0 Å². The van der Waals surface area contributed by atoms with Crippen molar-refractivity contribution in [2.45, 2.75) is 16.6 Å². The first kappa shape index (κ1) is 18.5. The number of benzene rings is 2. The molecule has 1 heterocycles. The Kier molecular flexibility index (Phi) is 6.54. The van der Waals surface area contributed by atoms with E-state index in [9.17, 15) is 0 Å². The van der Waals surface area contributed by atoms with Crippen molar-refractivity contribution in [1.82, 2.24) is 9.97 Å². The van der Waals surface area contributed by atoms with E-state index in [2.05, 4.69) is 9.97 Å². The number of hydrogen-bond donors (Lipinski definition) is 1. The topological polar surface area (TPSA) is 37.9 Å². The number of aromatic amines is 1. The number of thioether (sulfide) groups is 1. The minimum atomic E-state index is 0.0826. The van der Waals surface area contributed by atoms with Crippen LogP contribution in [0.2, 0.25) is 15.1 Å². The SMILES string of the molecule is Clc1ccc(OCC(Cc2ncc[nH]2)Sc2c(Cl)cccc2Cl)cc1. The average molecular weight is 414 g/mol. The minimum absolute atomic E-state index is 0.0826. The molecule has 0 fully saturated rings. The van der Waals surface area contributed by atoms with Crippen LogP contribution in [-0.4, -0.2) is 21.8 Å². The smallest absolute Gasteiger partial charge is 0.119 e. The standard InChI is InChI=1S/C18H15Cl3N2OS/c19-12-4-6-13(7-5-12)24-11-14(10-17-22-8-9-23-17)25-18-15(20)2-1-3-16(18)21/h1-9,14H,10-11H2,(H,22,23). The van der Waals surface area contributed by atoms with Crippen molar-refractivity contribution in [3.05, 3.63) is 75.8 Å². The Hall–Kier alpha value is -1.33. The summed E-state index contributed by atoms with van der Waals surface area (Å²) in [5.41, 5.74) is 0. The molecule has 1 unspecified atom stereocenters. The van der Waals surface area contributed by atoms with Crippen LogP contribution in [0.25, 0.3) is 0 Å². The van der Waals surface area contributed by atoms with Gasteiger partial charge in [-0.2, -0.15) is 0 Å². The van der Waals surface area contributed by atoms with Crippen LogP contribution < -0.4 is 4.74 Å². The fraction of sp³-hybridized carbons (Fsp3) is 0.167. The maximum Gasteiger partial charge on any atom is 0.119 e. The summed E-state index contributed by atoms with van der Waals surface area (Å²) in [6, 6.07) is 12.8. The van der Waals surface area contributed by atoms with Gasteiger partial charge < -0.3 is 9.72 Å². The Balaban J connectivity index is 1.73. The zero-order chi connectivity index (χ0) is 17.6. The molecule has 3 aromatic rings. The Morgan fingerprint density at radius 3 is 2.40 bits per heavy atom. The second kappa shape index (κ2) is 8.86. The fourth-order valence-corrected chi connectivity index (χ4v) is 4.10. The van der Waals surface area contributed by atoms with Crippen molar-refractivity contribution in [3.63, 3.8) is 0 Å². The summed E-state index contributed by atoms with van der Waals surface area (Å²) in [6.45, 7) is 0.481. The highest BCUT2D eigenvalue weighted by Gasteiger charge is 2.18. The van der Waals surface area contributed by atoms with Gasteiger partial charge in [-0.3, -0.25) is 0 Å². The van der Waals surface area contributed by atoms with Gasteiger partial charge in [-0.25, -0.2) is 4.98 Å². The van der Waals surface area contributed by atoms with Crippen LogP contribution in [0.4, 0.5) is 0 Å². The summed E-state index contributed by atoms with van der Waals surface area (Å²) >= 11 is 20.1. The van der Waals surface area contributed by atoms with E-state index in [0.717, 1.165) is 16.5 Å². The fourth-order valence-electron chi connectivity index (χ4n) is 2.24. The molecular formula is C18H15Cl3N2OS. The lowest BCUT2D eigenvalue weighted by Crippen LogP contribution is -2.18. The van der Waals surface area contributed by atoms with Gasteiger partial charge in [0.15, 0.2) is 0 Å². The van der Waals surface area contributed by atoms with E-state index < -0.39 is 0 Å². The van der Waals surface area contributed by atoms with Crippen LogP contribution in [0, 0.1) is 0 Å². The molecule has 0 bridgehead atoms. The minimum Gasteiger partial charge on any atom is -0.492 e. The van der Waals surface area contributed by atoms with Gasteiger partial charge in [0, 0.05) is 28.7 Å². The molecule has 0 aliphatic heterocycles. The van der Waals surface area contributed by atoms with E-state index in [4.69, 9.17) is 39.5 Å². The first-order valence-corrected chi connectivity index (χ1v) is 9.60. The number of halogens is 3. The average Bonchev–Trinajstić information content (AvgIpc) is 3.10. The summed E-state index contributed by atoms with van der Waals surface area (Å²) < 4.78 is 5.92. The molecule has 0 radical (unpaired) electrons. The number of H-pyrrole nitrogens is 1. The molecule has 1 atom stereocenters. The van der Waals surface area contributed by atoms with Gasteiger partial charge in [-0.05, 0) is 36.4 Å². The number of aromatic nitrogens is 2. The highest BCUT2D eigenvalue weighted by atomic mass is 35.5. The van der Waals surface area contributed by atoms with Crippen molar-refractivity contribution in [2.24, 2.45) is 0 Å². The molecule has 25 heavy (non-hydrogen) atoms. The zero-order valence-corrected chi connectivity index (χ0v) is 16.2. The molecule has 3 nitrogen and oxygen atoms in total. The van der Waals surface area contributed by atoms with Gasteiger partial charge in [-0.1, -0.05) is 40.9 Å². The number of hydrogen-bond acceptors (Lipinski definition) is 3. The Labute approximate surface area is 165 Å². The lowest BCUT2D eigenvalue weighted by molar-refractivity contribution is 0.315. The van der Waals surface area contributed by atoms with Crippen molar-refractivity contribution >= 4 is 46.6 Å². The van der Waals surface area contributed by atoms with E-state index in [1.54, 1.807) is 36.3 Å². The summed E-state index contributed by atoms with van der Waals surface area (Å²) in [4.78, 5) is 8.28. The summed E-state index contributed by atoms with van der Waals surface area (Å²) in [7, 11) is 0. The molecule has 7 heteroatoms. The van der Waals surface area contributed by atoms with E-state index in [1.165, 1.54) is 0 Å². The number of nitrogens with zero attached hydrogens (tertiary/aromatic N) is 1. The second-order valence-corrected chi connectivity index (χ2v) is 7.86. The van der Waals surface area contributed by atoms with Crippen LogP contribution in [0.1, 0.15) is 5.82 Å². The van der Waals surface area contributed by atoms with Gasteiger partial charge in [0.05, 0.1) is 15.3 Å². The van der Waals surface area contributed by atoms with Crippen LogP contribution in [0.3, 0.4) is 0 Å². The maximum absolute atomic E-state index is 6.31. The number of nitrogens with one attached hydrogen (secondary N) is 1. The van der Waals surface area contributed by atoms with Crippen molar-refractivity contribution in [1.29, 1.82) is 0 Å². The first-order valence-electron chi connectivity index (χ1n) is 7.59. The van der Waals surface area contributed by atoms with E-state index in [0.29, 0.717) is 28.1 Å². The zero-order valence-electron chi connectivity index (χ0n) is 13.1. The van der Waals surface area contributed by atoms with Crippen molar-refractivity contribution < 1.29 is 4.74 Å². The van der Waals surface area contributed by atoms with E-state index in [-0.39, 0.29) is 5.25 Å². The lowest BCUT2D eigenvalue weighted by Gasteiger charge is -2.18. The van der Waals surface area contributed by atoms with Crippen LogP contribution >= 0.6 is 46.6 Å². The summed E-state index contributed by atoms with van der Waals surface area (Å²) in [5, 5.41) is 2.03. The Bertz CT molecular complexity index is 789. The highest BCUT2D eigenvalue weighted by Crippen LogP contribution is 2.37. The lowest BCUT2D eigenvalue weighted by atomic mass is 10.3. The molecule has 130 valence electrons. The molecule has 1 N–H and O–H groups in total. The van der Waals surface area contributed by atoms with Crippen molar-refractivity contribution in [3.8, 4) is 5.75 Å². The van der Waals surface area contributed by atoms with Gasteiger partial charge in [-0.15, -0.1) is 11.8 Å². The molecule has 2 aromatic carbocycles. The number of imidazole rings is 1. The third-order valence-electron chi connectivity index (χ3n) is 3.43. The maximum atomic E-state index is 6.31. The molecule has 0 saturated carbocycles. The van der Waals surface area contributed by atoms with E-state index in [1.807, 2.05) is 30.3 Å². The van der Waals surface area contributed by atoms with Gasteiger partial charge >= 0.3 is 0 Å². The quantitative estimate of drug-likeness (QED) is 0.472. The van der Waals surface area contributed by atoms with Crippen LogP contribution in [0.5, 0.6) is 5.75 Å². The largest absolute Gasteiger partial charge is 0.492 e. The van der Waals surface area contributed by atoms with Crippen LogP contribution in [0.15, 0.2) is 59.8 Å². The molecule has 0 saturated heterocycles.